The van der Waals surface area contributed by atoms with E-state index in [1.807, 2.05) is 54.6 Å². The lowest BCUT2D eigenvalue weighted by molar-refractivity contribution is -0.150. The van der Waals surface area contributed by atoms with Crippen LogP contribution in [0.5, 0.6) is 0 Å². The smallest absolute Gasteiger partial charge is 0.425 e. The molecule has 1 aliphatic rings. The summed E-state index contributed by atoms with van der Waals surface area (Å²) in [5, 5.41) is 2.63. The Kier molecular flexibility index (Phi) is 11.2. The zero-order valence-electron chi connectivity index (χ0n) is 28.9. The molecule has 0 fully saturated rings. The van der Waals surface area contributed by atoms with Crippen LogP contribution < -0.4 is 16.6 Å². The molecule has 0 saturated heterocycles. The maximum atomic E-state index is 13.6. The van der Waals surface area contributed by atoms with E-state index in [1.54, 1.807) is 45.0 Å². The molecular formula is C38H40N4O9. The topological polar surface area (TPSA) is 155 Å². The molecule has 1 aliphatic carbocycles. The van der Waals surface area contributed by atoms with Gasteiger partial charge in [-0.3, -0.25) is 19.0 Å². The molecule has 5 rings (SSSR count). The van der Waals surface area contributed by atoms with Crippen LogP contribution >= 0.6 is 0 Å². The van der Waals surface area contributed by atoms with Crippen molar-refractivity contribution in [3.8, 4) is 11.1 Å². The van der Waals surface area contributed by atoms with Gasteiger partial charge in [0.1, 0.15) is 31.9 Å². The number of nitrogens with zero attached hydrogens (tertiary/aromatic N) is 3. The summed E-state index contributed by atoms with van der Waals surface area (Å²) in [6.07, 6.45) is -0.743. The zero-order valence-corrected chi connectivity index (χ0v) is 28.9. The van der Waals surface area contributed by atoms with Gasteiger partial charge in [0, 0.05) is 30.8 Å². The quantitative estimate of drug-likeness (QED) is 0.179. The number of aromatic nitrogens is 2. The van der Waals surface area contributed by atoms with E-state index in [-0.39, 0.29) is 37.8 Å². The highest BCUT2D eigenvalue weighted by Gasteiger charge is 2.29. The van der Waals surface area contributed by atoms with Gasteiger partial charge in [-0.05, 0) is 55.5 Å². The molecule has 2 amide bonds. The van der Waals surface area contributed by atoms with Crippen LogP contribution in [0.2, 0.25) is 0 Å². The molecule has 0 aliphatic heterocycles. The standard InChI is InChI=1S/C38H40N4O9/c1-25-20-41(36(47)42(34(25)45)37(48)51-38(2,3)4)21-32(43)40(22-33(44)49-23-26-12-6-5-7-13-26)19-18-39-35(46)50-24-31-29-16-10-8-14-27(29)28-15-9-11-17-30(28)31/h5-17,20,31H,18-19,21-24H2,1-4H3,(H,39,46). The number of amides is 2. The molecule has 266 valence electrons. The molecule has 1 N–H and O–H groups in total. The van der Waals surface area contributed by atoms with Crippen molar-refractivity contribution in [2.75, 3.05) is 26.2 Å². The van der Waals surface area contributed by atoms with E-state index >= 15 is 0 Å². The number of fused-ring (bicyclic) bond motifs is 3. The Labute approximate surface area is 294 Å². The molecule has 0 spiro atoms. The Bertz CT molecular complexity index is 2000. The minimum atomic E-state index is -1.18. The van der Waals surface area contributed by atoms with Crippen LogP contribution in [0.4, 0.5) is 9.59 Å². The fourth-order valence-electron chi connectivity index (χ4n) is 5.74. The summed E-state index contributed by atoms with van der Waals surface area (Å²) >= 11 is 0. The van der Waals surface area contributed by atoms with Gasteiger partial charge in [0.05, 0.1) is 0 Å². The van der Waals surface area contributed by atoms with Crippen LogP contribution in [-0.2, 0) is 37.0 Å². The predicted octanol–water partition coefficient (Wildman–Crippen LogP) is 4.21. The van der Waals surface area contributed by atoms with Crippen LogP contribution in [-0.4, -0.2) is 69.9 Å². The highest BCUT2D eigenvalue weighted by Crippen LogP contribution is 2.44. The minimum Gasteiger partial charge on any atom is -0.459 e. The largest absolute Gasteiger partial charge is 0.459 e. The summed E-state index contributed by atoms with van der Waals surface area (Å²) in [5.74, 6) is -1.58. The summed E-state index contributed by atoms with van der Waals surface area (Å²) < 4.78 is 17.4. The fraction of sp³-hybridized carbons (Fsp3) is 0.316. The third-order valence-electron chi connectivity index (χ3n) is 8.12. The lowest BCUT2D eigenvalue weighted by Crippen LogP contribution is -2.49. The van der Waals surface area contributed by atoms with Gasteiger partial charge < -0.3 is 24.4 Å². The molecule has 51 heavy (non-hydrogen) atoms. The lowest BCUT2D eigenvalue weighted by atomic mass is 9.98. The minimum absolute atomic E-state index is 0.0130. The SMILES string of the molecule is Cc1cn(CC(=O)N(CCNC(=O)OCC2c3ccccc3-c3ccccc32)CC(=O)OCc2ccccc2)c(=O)n(C(=O)OC(C)(C)C)c1=O. The third-order valence-corrected chi connectivity index (χ3v) is 8.12. The average molecular weight is 697 g/mol. The molecular weight excluding hydrogens is 656 g/mol. The van der Waals surface area contributed by atoms with Crippen molar-refractivity contribution in [1.29, 1.82) is 0 Å². The Balaban J connectivity index is 1.26. The van der Waals surface area contributed by atoms with Gasteiger partial charge in [-0.15, -0.1) is 0 Å². The lowest BCUT2D eigenvalue weighted by Gasteiger charge is -2.23. The van der Waals surface area contributed by atoms with Crippen LogP contribution in [0, 0.1) is 6.92 Å². The van der Waals surface area contributed by atoms with Crippen LogP contribution in [0.3, 0.4) is 0 Å². The van der Waals surface area contributed by atoms with E-state index in [1.165, 1.54) is 6.92 Å². The van der Waals surface area contributed by atoms with Crippen molar-refractivity contribution in [3.05, 3.63) is 128 Å². The van der Waals surface area contributed by atoms with Crippen molar-refractivity contribution in [2.24, 2.45) is 0 Å². The van der Waals surface area contributed by atoms with Gasteiger partial charge in [-0.2, -0.15) is 4.57 Å². The first-order valence-corrected chi connectivity index (χ1v) is 16.4. The summed E-state index contributed by atoms with van der Waals surface area (Å²) in [4.78, 5) is 79.1. The molecule has 0 unspecified atom stereocenters. The predicted molar refractivity (Wildman–Crippen MR) is 187 cm³/mol. The number of esters is 1. The first-order valence-electron chi connectivity index (χ1n) is 16.4. The van der Waals surface area contributed by atoms with Gasteiger partial charge >= 0.3 is 23.8 Å². The van der Waals surface area contributed by atoms with Crippen molar-refractivity contribution in [1.82, 2.24) is 19.4 Å². The fourth-order valence-corrected chi connectivity index (χ4v) is 5.74. The highest BCUT2D eigenvalue weighted by molar-refractivity contribution is 5.82. The number of hydrogen-bond acceptors (Lipinski definition) is 9. The number of ether oxygens (including phenoxy) is 3. The van der Waals surface area contributed by atoms with Gasteiger partial charge in [-0.1, -0.05) is 78.9 Å². The van der Waals surface area contributed by atoms with Crippen molar-refractivity contribution < 1.29 is 33.4 Å². The summed E-state index contributed by atoms with van der Waals surface area (Å²) in [7, 11) is 0. The molecule has 0 atom stereocenters. The zero-order chi connectivity index (χ0) is 36.7. The Hall–Kier alpha value is -5.98. The van der Waals surface area contributed by atoms with Crippen LogP contribution in [0.25, 0.3) is 11.1 Å². The molecule has 0 bridgehead atoms. The van der Waals surface area contributed by atoms with Crippen molar-refractivity contribution >= 4 is 24.1 Å². The van der Waals surface area contributed by atoms with Crippen LogP contribution in [0.15, 0.2) is 94.6 Å². The van der Waals surface area contributed by atoms with Crippen LogP contribution in [0.1, 0.15) is 48.9 Å². The van der Waals surface area contributed by atoms with Crippen molar-refractivity contribution in [3.63, 3.8) is 0 Å². The highest BCUT2D eigenvalue weighted by atomic mass is 16.6. The Morgan fingerprint density at radius 1 is 0.843 bits per heavy atom. The van der Waals surface area contributed by atoms with Gasteiger partial charge in [0.2, 0.25) is 5.91 Å². The number of nitrogens with one attached hydrogen (secondary N) is 1. The normalized spacial score (nSPS) is 12.0. The molecule has 13 nitrogen and oxygen atoms in total. The number of carbonyl (C=O) groups excluding carboxylic acids is 4. The molecule has 1 aromatic heterocycles. The number of carbonyl (C=O) groups is 4. The van der Waals surface area contributed by atoms with Crippen molar-refractivity contribution in [2.45, 2.75) is 52.4 Å². The Morgan fingerprint density at radius 3 is 2.08 bits per heavy atom. The summed E-state index contributed by atoms with van der Waals surface area (Å²) in [5.41, 5.74) is 2.08. The third kappa shape index (κ3) is 8.98. The molecule has 13 heteroatoms. The number of alkyl carbamates (subject to hydrolysis) is 1. The molecule has 0 saturated carbocycles. The van der Waals surface area contributed by atoms with Gasteiger partial charge in [0.25, 0.3) is 5.56 Å². The number of benzene rings is 3. The first-order chi connectivity index (χ1) is 24.3. The summed E-state index contributed by atoms with van der Waals surface area (Å²) in [6.45, 7) is 4.82. The van der Waals surface area contributed by atoms with E-state index in [9.17, 15) is 28.8 Å². The van der Waals surface area contributed by atoms with E-state index in [0.29, 0.717) is 4.57 Å². The molecule has 4 aromatic rings. The van der Waals surface area contributed by atoms with E-state index < -0.39 is 54.0 Å². The maximum absolute atomic E-state index is 13.6. The maximum Gasteiger partial charge on any atom is 0.425 e. The van der Waals surface area contributed by atoms with E-state index in [4.69, 9.17) is 14.2 Å². The van der Waals surface area contributed by atoms with Gasteiger partial charge in [-0.25, -0.2) is 14.4 Å². The van der Waals surface area contributed by atoms with E-state index in [0.717, 1.165) is 43.5 Å². The number of hydrogen-bond donors (Lipinski definition) is 1. The van der Waals surface area contributed by atoms with Gasteiger partial charge in [0.15, 0.2) is 0 Å². The monoisotopic (exact) mass is 696 g/mol. The Morgan fingerprint density at radius 2 is 1.45 bits per heavy atom. The van der Waals surface area contributed by atoms with E-state index in [2.05, 4.69) is 5.32 Å². The first kappa shape index (κ1) is 36.3. The second-order valence-corrected chi connectivity index (χ2v) is 13.1. The average Bonchev–Trinajstić information content (AvgIpc) is 3.41. The number of aryl methyl sites for hydroxylation is 1. The summed E-state index contributed by atoms with van der Waals surface area (Å²) in [6, 6.07) is 24.9. The second-order valence-electron chi connectivity index (χ2n) is 13.1. The second kappa shape index (κ2) is 15.7. The molecule has 3 aromatic carbocycles. The number of rotatable bonds is 11. The molecule has 1 heterocycles. The molecule has 0 radical (unpaired) electrons.